The Bertz CT molecular complexity index is 1470. The van der Waals surface area contributed by atoms with Crippen LogP contribution in [0.5, 0.6) is 0 Å². The van der Waals surface area contributed by atoms with Gasteiger partial charge in [0.15, 0.2) is 0 Å². The van der Waals surface area contributed by atoms with Crippen molar-refractivity contribution in [2.24, 2.45) is 0 Å². The van der Waals surface area contributed by atoms with Crippen molar-refractivity contribution in [2.75, 3.05) is 13.1 Å². The van der Waals surface area contributed by atoms with Gasteiger partial charge in [-0.05, 0) is 104 Å². The summed E-state index contributed by atoms with van der Waals surface area (Å²) in [5.74, 6) is -1.42. The maximum atomic E-state index is 14.7. The van der Waals surface area contributed by atoms with Gasteiger partial charge in [0.05, 0.1) is 11.4 Å². The summed E-state index contributed by atoms with van der Waals surface area (Å²) < 4.78 is 14.7. The quantitative estimate of drug-likeness (QED) is 0.508. The Balaban J connectivity index is 1.14. The predicted molar refractivity (Wildman–Crippen MR) is 142 cm³/mol. The molecule has 2 aromatic heterocycles. The van der Waals surface area contributed by atoms with Gasteiger partial charge in [-0.2, -0.15) is 0 Å². The van der Waals surface area contributed by atoms with E-state index >= 15 is 0 Å². The summed E-state index contributed by atoms with van der Waals surface area (Å²) in [5, 5.41) is 2.32. The Kier molecular flexibility index (Phi) is 6.68. The van der Waals surface area contributed by atoms with Crippen molar-refractivity contribution >= 4 is 17.7 Å². The van der Waals surface area contributed by atoms with Gasteiger partial charge >= 0.3 is 0 Å². The van der Waals surface area contributed by atoms with E-state index in [1.807, 2.05) is 31.3 Å². The molecule has 3 aliphatic rings. The van der Waals surface area contributed by atoms with Crippen LogP contribution in [0, 0.1) is 12.7 Å². The molecule has 1 aromatic carbocycles. The highest BCUT2D eigenvalue weighted by atomic mass is 19.1. The Labute approximate surface area is 226 Å². The molecule has 39 heavy (non-hydrogen) atoms. The molecule has 2 fully saturated rings. The lowest BCUT2D eigenvalue weighted by Gasteiger charge is -2.33. The minimum absolute atomic E-state index is 0.129. The Morgan fingerprint density at radius 3 is 2.46 bits per heavy atom. The SMILES string of the molecule is Cc1ccnc(-c2cc(CN3CCC(c4cc(F)cc5c4CN(C4CCC(=O)NC4=O)C5=O)CC3)ccn2)c1. The highest BCUT2D eigenvalue weighted by Gasteiger charge is 2.41. The summed E-state index contributed by atoms with van der Waals surface area (Å²) >= 11 is 0. The normalized spacial score (nSPS) is 20.3. The molecule has 5 heterocycles. The Morgan fingerprint density at radius 2 is 1.72 bits per heavy atom. The van der Waals surface area contributed by atoms with E-state index in [4.69, 9.17) is 0 Å². The Hall–Kier alpha value is -3.98. The number of likely N-dealkylation sites (tertiary alicyclic amines) is 1. The zero-order valence-electron chi connectivity index (χ0n) is 21.8. The third-order valence-electron chi connectivity index (χ3n) is 8.09. The molecule has 9 heteroatoms. The molecule has 3 aliphatic heterocycles. The number of nitrogens with zero attached hydrogens (tertiary/aromatic N) is 4. The summed E-state index contributed by atoms with van der Waals surface area (Å²) in [6, 6.07) is 10.2. The van der Waals surface area contributed by atoms with Gasteiger partial charge in [-0.3, -0.25) is 34.6 Å². The average molecular weight is 528 g/mol. The molecule has 6 rings (SSSR count). The van der Waals surface area contributed by atoms with Crippen LogP contribution >= 0.6 is 0 Å². The van der Waals surface area contributed by atoms with E-state index in [2.05, 4.69) is 26.3 Å². The van der Waals surface area contributed by atoms with E-state index in [9.17, 15) is 18.8 Å². The smallest absolute Gasteiger partial charge is 0.255 e. The molecular formula is C30H30FN5O3. The van der Waals surface area contributed by atoms with Gasteiger partial charge in [0.25, 0.3) is 5.91 Å². The van der Waals surface area contributed by atoms with E-state index in [-0.39, 0.29) is 37.1 Å². The van der Waals surface area contributed by atoms with Crippen molar-refractivity contribution in [2.45, 2.75) is 57.7 Å². The number of aryl methyl sites for hydroxylation is 1. The number of aromatic nitrogens is 2. The largest absolute Gasteiger partial charge is 0.322 e. The van der Waals surface area contributed by atoms with Crippen LogP contribution in [0.3, 0.4) is 0 Å². The maximum Gasteiger partial charge on any atom is 0.255 e. The highest BCUT2D eigenvalue weighted by Crippen LogP contribution is 2.38. The zero-order valence-corrected chi connectivity index (χ0v) is 21.8. The second kappa shape index (κ2) is 10.3. The summed E-state index contributed by atoms with van der Waals surface area (Å²) in [6.45, 7) is 4.79. The van der Waals surface area contributed by atoms with Crippen molar-refractivity contribution in [1.82, 2.24) is 25.1 Å². The molecule has 3 amide bonds. The number of hydrogen-bond donors (Lipinski definition) is 1. The first-order valence-electron chi connectivity index (χ1n) is 13.4. The van der Waals surface area contributed by atoms with Crippen LogP contribution in [0.1, 0.15) is 64.2 Å². The molecule has 1 atom stereocenters. The van der Waals surface area contributed by atoms with Crippen molar-refractivity contribution in [3.8, 4) is 11.4 Å². The third-order valence-corrected chi connectivity index (χ3v) is 8.09. The minimum atomic E-state index is -0.708. The predicted octanol–water partition coefficient (Wildman–Crippen LogP) is 3.73. The summed E-state index contributed by atoms with van der Waals surface area (Å²) in [7, 11) is 0. The first-order chi connectivity index (χ1) is 18.9. The number of imide groups is 1. The molecule has 1 unspecified atom stereocenters. The number of halogens is 1. The lowest BCUT2D eigenvalue weighted by atomic mass is 9.85. The van der Waals surface area contributed by atoms with Gasteiger partial charge in [-0.1, -0.05) is 0 Å². The molecule has 0 bridgehead atoms. The van der Waals surface area contributed by atoms with Gasteiger partial charge in [-0.25, -0.2) is 4.39 Å². The molecule has 8 nitrogen and oxygen atoms in total. The van der Waals surface area contributed by atoms with Crippen LogP contribution in [-0.2, 0) is 22.7 Å². The lowest BCUT2D eigenvalue weighted by Crippen LogP contribution is -2.52. The summed E-state index contributed by atoms with van der Waals surface area (Å²) in [5.41, 5.74) is 6.03. The fraction of sp³-hybridized carbons (Fsp3) is 0.367. The van der Waals surface area contributed by atoms with Crippen LogP contribution in [-0.4, -0.2) is 56.6 Å². The van der Waals surface area contributed by atoms with E-state index in [1.54, 1.807) is 12.3 Å². The fourth-order valence-electron chi connectivity index (χ4n) is 6.07. The van der Waals surface area contributed by atoms with Crippen molar-refractivity contribution in [3.05, 3.63) is 82.4 Å². The second-order valence-corrected chi connectivity index (χ2v) is 10.7. The number of carbonyl (C=O) groups is 3. The number of pyridine rings is 2. The number of rotatable bonds is 5. The highest BCUT2D eigenvalue weighted by molar-refractivity contribution is 6.05. The number of fused-ring (bicyclic) bond motifs is 1. The summed E-state index contributed by atoms with van der Waals surface area (Å²) in [4.78, 5) is 50.0. The van der Waals surface area contributed by atoms with Gasteiger partial charge < -0.3 is 4.90 Å². The number of hydrogen-bond acceptors (Lipinski definition) is 6. The summed E-state index contributed by atoms with van der Waals surface area (Å²) in [6.07, 6.45) is 5.79. The van der Waals surface area contributed by atoms with Crippen LogP contribution in [0.25, 0.3) is 11.4 Å². The van der Waals surface area contributed by atoms with E-state index in [0.717, 1.165) is 60.6 Å². The third kappa shape index (κ3) is 5.06. The molecule has 200 valence electrons. The Morgan fingerprint density at radius 1 is 0.974 bits per heavy atom. The molecule has 1 N–H and O–H groups in total. The number of carbonyl (C=O) groups excluding carboxylic acids is 3. The van der Waals surface area contributed by atoms with E-state index in [1.165, 1.54) is 16.5 Å². The van der Waals surface area contributed by atoms with Gasteiger partial charge in [0.1, 0.15) is 11.9 Å². The first kappa shape index (κ1) is 25.3. The van der Waals surface area contributed by atoms with Crippen LogP contribution < -0.4 is 5.32 Å². The maximum absolute atomic E-state index is 14.7. The molecule has 0 spiro atoms. The number of amides is 3. The molecule has 0 radical (unpaired) electrons. The monoisotopic (exact) mass is 527 g/mol. The fourth-order valence-corrected chi connectivity index (χ4v) is 6.07. The molecule has 3 aromatic rings. The van der Waals surface area contributed by atoms with E-state index in [0.29, 0.717) is 5.56 Å². The van der Waals surface area contributed by atoms with Gasteiger partial charge in [0.2, 0.25) is 11.8 Å². The minimum Gasteiger partial charge on any atom is -0.322 e. The molecule has 2 saturated heterocycles. The lowest BCUT2D eigenvalue weighted by molar-refractivity contribution is -0.136. The standard InChI is InChI=1S/C30H30FN5O3/c1-18-4-8-32-25(12-18)26-13-19(5-9-33-26)16-35-10-6-20(7-11-35)22-14-21(31)15-23-24(22)17-36(30(23)39)27-2-3-28(37)34-29(27)38/h4-5,8-9,12-15,20,27H,2-3,6-7,10-11,16-17H2,1H3,(H,34,37,38). The van der Waals surface area contributed by atoms with E-state index < -0.39 is 17.8 Å². The molecule has 0 saturated carbocycles. The number of benzene rings is 1. The number of piperidine rings is 2. The van der Waals surface area contributed by atoms with Gasteiger partial charge in [0, 0.05) is 37.5 Å². The van der Waals surface area contributed by atoms with Crippen LogP contribution in [0.15, 0.2) is 48.8 Å². The molecule has 0 aliphatic carbocycles. The van der Waals surface area contributed by atoms with Crippen molar-refractivity contribution < 1.29 is 18.8 Å². The average Bonchev–Trinajstić information content (AvgIpc) is 3.24. The van der Waals surface area contributed by atoms with Gasteiger partial charge in [-0.15, -0.1) is 0 Å². The molecular weight excluding hydrogens is 497 g/mol. The second-order valence-electron chi connectivity index (χ2n) is 10.7. The number of nitrogens with one attached hydrogen (secondary N) is 1. The van der Waals surface area contributed by atoms with Crippen molar-refractivity contribution in [1.29, 1.82) is 0 Å². The van der Waals surface area contributed by atoms with Crippen LogP contribution in [0.2, 0.25) is 0 Å². The zero-order chi connectivity index (χ0) is 27.1. The first-order valence-corrected chi connectivity index (χ1v) is 13.4. The van der Waals surface area contributed by atoms with Crippen molar-refractivity contribution in [3.63, 3.8) is 0 Å². The van der Waals surface area contributed by atoms with Crippen LogP contribution in [0.4, 0.5) is 4.39 Å². The topological polar surface area (TPSA) is 95.5 Å².